The monoisotopic (exact) mass is 577 g/mol. The average molecular weight is 578 g/mol. The Morgan fingerprint density at radius 1 is 0.773 bits per heavy atom. The number of aromatic nitrogens is 4. The number of unbranched alkanes of at least 4 members (excludes halogenated alkanes) is 2. The Balaban J connectivity index is 1.27. The van der Waals surface area contributed by atoms with Gasteiger partial charge in [-0.15, -0.1) is 0 Å². The van der Waals surface area contributed by atoms with E-state index in [1.54, 1.807) is 0 Å². The standard InChI is InChI=1S/C39H36N4O/c1-4-5-7-13-29-22-23-40-38(24-29)42-36-19-11-10-18-34(36)35-21-20-33(26-37(35)42)44-32-17-12-16-31(25-32)43-28(3)39(27(2)41-43)30-14-8-6-9-15-30/h6,8-12,14-26H,4-5,7,13H2,1-3H3/i10D. The molecule has 0 unspecified atom stereocenters. The summed E-state index contributed by atoms with van der Waals surface area (Å²) in [5.74, 6) is 2.33. The van der Waals surface area contributed by atoms with Crippen molar-refractivity contribution in [1.29, 1.82) is 0 Å². The van der Waals surface area contributed by atoms with E-state index in [0.29, 0.717) is 6.04 Å². The lowest BCUT2D eigenvalue weighted by atomic mass is 10.0. The van der Waals surface area contributed by atoms with Crippen molar-refractivity contribution in [3.8, 4) is 34.1 Å². The molecule has 3 aromatic heterocycles. The van der Waals surface area contributed by atoms with Gasteiger partial charge >= 0.3 is 0 Å². The molecule has 0 aliphatic carbocycles. The molecular weight excluding hydrogens is 540 g/mol. The third-order valence-electron chi connectivity index (χ3n) is 8.34. The molecular formula is C39H36N4O. The van der Waals surface area contributed by atoms with E-state index in [9.17, 15) is 0 Å². The van der Waals surface area contributed by atoms with Crippen LogP contribution in [0.25, 0.3) is 44.4 Å². The zero-order valence-corrected chi connectivity index (χ0v) is 25.4. The highest BCUT2D eigenvalue weighted by Crippen LogP contribution is 2.36. The number of hydrogen-bond donors (Lipinski definition) is 0. The zero-order valence-electron chi connectivity index (χ0n) is 26.4. The summed E-state index contributed by atoms with van der Waals surface area (Å²) in [6.07, 6.45) is 6.51. The normalized spacial score (nSPS) is 11.8. The van der Waals surface area contributed by atoms with Crippen LogP contribution < -0.4 is 4.74 Å². The second-order valence-electron chi connectivity index (χ2n) is 11.4. The predicted octanol–water partition coefficient (Wildman–Crippen LogP) is 10.2. The maximum absolute atomic E-state index is 8.30. The first-order valence-electron chi connectivity index (χ1n) is 15.9. The molecule has 0 N–H and O–H groups in total. The molecule has 0 fully saturated rings. The van der Waals surface area contributed by atoms with E-state index < -0.39 is 0 Å². The van der Waals surface area contributed by atoms with E-state index in [0.717, 1.165) is 80.2 Å². The third kappa shape index (κ3) is 5.15. The first kappa shape index (κ1) is 26.5. The number of rotatable bonds is 9. The van der Waals surface area contributed by atoms with Crippen molar-refractivity contribution in [2.45, 2.75) is 46.5 Å². The van der Waals surface area contributed by atoms with Crippen LogP contribution in [0, 0.1) is 13.8 Å². The summed E-state index contributed by atoms with van der Waals surface area (Å²) in [5.41, 5.74) is 8.63. The van der Waals surface area contributed by atoms with Crippen LogP contribution in [0.3, 0.4) is 0 Å². The minimum Gasteiger partial charge on any atom is -0.457 e. The summed E-state index contributed by atoms with van der Waals surface area (Å²) < 4.78 is 19.0. The van der Waals surface area contributed by atoms with Crippen LogP contribution in [-0.2, 0) is 6.42 Å². The molecule has 0 spiro atoms. The predicted molar refractivity (Wildman–Crippen MR) is 180 cm³/mol. The lowest BCUT2D eigenvalue weighted by Crippen LogP contribution is -2.00. The zero-order chi connectivity index (χ0) is 30.9. The van der Waals surface area contributed by atoms with E-state index >= 15 is 0 Å². The fourth-order valence-corrected chi connectivity index (χ4v) is 6.25. The van der Waals surface area contributed by atoms with Gasteiger partial charge in [0.05, 0.1) is 23.8 Å². The van der Waals surface area contributed by atoms with Crippen molar-refractivity contribution in [2.75, 3.05) is 0 Å². The summed E-state index contributed by atoms with van der Waals surface area (Å²) in [5, 5.41) is 6.98. The summed E-state index contributed by atoms with van der Waals surface area (Å²) in [6.45, 7) is 6.39. The molecule has 3 heterocycles. The van der Waals surface area contributed by atoms with E-state index in [2.05, 4.69) is 79.9 Å². The highest BCUT2D eigenvalue weighted by Gasteiger charge is 2.17. The van der Waals surface area contributed by atoms with Crippen molar-refractivity contribution >= 4 is 21.8 Å². The molecule has 0 atom stereocenters. The number of nitrogens with zero attached hydrogens (tertiary/aromatic N) is 4. The second-order valence-corrected chi connectivity index (χ2v) is 11.4. The van der Waals surface area contributed by atoms with Gasteiger partial charge in [-0.2, -0.15) is 5.10 Å². The highest BCUT2D eigenvalue weighted by molar-refractivity contribution is 6.09. The van der Waals surface area contributed by atoms with Gasteiger partial charge in [-0.25, -0.2) is 9.67 Å². The van der Waals surface area contributed by atoms with Crippen LogP contribution in [0.5, 0.6) is 11.5 Å². The van der Waals surface area contributed by atoms with Crippen molar-refractivity contribution in [3.05, 3.63) is 132 Å². The van der Waals surface area contributed by atoms with E-state index in [4.69, 9.17) is 16.2 Å². The van der Waals surface area contributed by atoms with Gasteiger partial charge in [0.25, 0.3) is 0 Å². The fraction of sp³-hybridized carbons (Fsp3) is 0.179. The van der Waals surface area contributed by atoms with Crippen molar-refractivity contribution < 1.29 is 6.11 Å². The molecule has 5 nitrogen and oxygen atoms in total. The Bertz CT molecular complexity index is 2140. The van der Waals surface area contributed by atoms with Gasteiger partial charge < -0.3 is 4.74 Å². The number of fused-ring (bicyclic) bond motifs is 3. The third-order valence-corrected chi connectivity index (χ3v) is 8.34. The summed E-state index contributed by atoms with van der Waals surface area (Å²) in [7, 11) is 0. The topological polar surface area (TPSA) is 44.9 Å². The second kappa shape index (κ2) is 11.8. The van der Waals surface area contributed by atoms with Crippen molar-refractivity contribution in [2.24, 2.45) is 0 Å². The Morgan fingerprint density at radius 3 is 2.48 bits per heavy atom. The quantitative estimate of drug-likeness (QED) is 0.160. The first-order valence-corrected chi connectivity index (χ1v) is 15.4. The maximum atomic E-state index is 8.30. The average Bonchev–Trinajstić information content (AvgIpc) is 3.54. The first-order chi connectivity index (χ1) is 22.0. The SMILES string of the molecule is [2H]c1ccc2c(c1)c1ccc(Oc3cccc(-n4nc(C)c(-c5ccccc5)c4C)c3)cc1n2-c1cc(CCCCC)ccn1. The molecule has 0 saturated carbocycles. The fourth-order valence-electron chi connectivity index (χ4n) is 6.25. The summed E-state index contributed by atoms with van der Waals surface area (Å²) in [6, 6.07) is 35.2. The number of ether oxygens (including phenoxy) is 1. The number of pyridine rings is 1. The molecule has 0 bridgehead atoms. The molecule has 0 amide bonds. The van der Waals surface area contributed by atoms with Gasteiger partial charge in [0.2, 0.25) is 0 Å². The van der Waals surface area contributed by atoms with Gasteiger partial charge in [0, 0.05) is 40.4 Å². The van der Waals surface area contributed by atoms with E-state index in [1.807, 2.05) is 59.4 Å². The number of hydrogen-bond acceptors (Lipinski definition) is 3. The minimum atomic E-state index is 0.486. The van der Waals surface area contributed by atoms with E-state index in [-0.39, 0.29) is 0 Å². The Labute approximate surface area is 259 Å². The molecule has 44 heavy (non-hydrogen) atoms. The highest BCUT2D eigenvalue weighted by atomic mass is 16.5. The van der Waals surface area contributed by atoms with Gasteiger partial charge in [0.15, 0.2) is 0 Å². The van der Waals surface area contributed by atoms with E-state index in [1.165, 1.54) is 18.4 Å². The summed E-state index contributed by atoms with van der Waals surface area (Å²) in [4.78, 5) is 4.80. The van der Waals surface area contributed by atoms with Crippen LogP contribution in [0.2, 0.25) is 0 Å². The van der Waals surface area contributed by atoms with Gasteiger partial charge in [-0.3, -0.25) is 4.57 Å². The number of benzene rings is 4. The van der Waals surface area contributed by atoms with Gasteiger partial charge in [-0.05, 0) is 80.3 Å². The molecule has 5 heteroatoms. The smallest absolute Gasteiger partial charge is 0.137 e. The molecule has 7 aromatic rings. The van der Waals surface area contributed by atoms with Crippen LogP contribution >= 0.6 is 0 Å². The number of aryl methyl sites for hydroxylation is 2. The molecule has 218 valence electrons. The van der Waals surface area contributed by atoms with Crippen LogP contribution in [-0.4, -0.2) is 19.3 Å². The molecule has 0 aliphatic rings. The molecule has 0 saturated heterocycles. The van der Waals surface area contributed by atoms with Crippen LogP contribution in [0.15, 0.2) is 115 Å². The lowest BCUT2D eigenvalue weighted by molar-refractivity contribution is 0.483. The van der Waals surface area contributed by atoms with Gasteiger partial charge in [0.1, 0.15) is 17.3 Å². The molecule has 7 rings (SSSR count). The molecule has 0 radical (unpaired) electrons. The minimum absolute atomic E-state index is 0.486. The number of para-hydroxylation sites is 1. The maximum Gasteiger partial charge on any atom is 0.137 e. The van der Waals surface area contributed by atoms with Crippen LogP contribution in [0.4, 0.5) is 0 Å². The molecule has 4 aromatic carbocycles. The molecule has 0 aliphatic heterocycles. The Kier molecular flexibility index (Phi) is 7.13. The largest absolute Gasteiger partial charge is 0.457 e. The Hall–Kier alpha value is -5.16. The van der Waals surface area contributed by atoms with Crippen molar-refractivity contribution in [3.63, 3.8) is 0 Å². The lowest BCUT2D eigenvalue weighted by Gasteiger charge is -2.11. The van der Waals surface area contributed by atoms with Crippen LogP contribution in [0.1, 0.15) is 44.5 Å². The summed E-state index contributed by atoms with van der Waals surface area (Å²) >= 11 is 0. The van der Waals surface area contributed by atoms with Gasteiger partial charge in [-0.1, -0.05) is 74.3 Å². The van der Waals surface area contributed by atoms with Crippen molar-refractivity contribution in [1.82, 2.24) is 19.3 Å². The Morgan fingerprint density at radius 2 is 1.61 bits per heavy atom.